The standard InChI is InChI=1S/C20H18N4O/c21-12-13-11-20(10-9-18(13)23-24-19(22)25)16-7-3-1-5-14(16)15-6-2-4-8-17(15)20/h1-8,13H,9-11H2,(H3,22,24,25)/b23-18-. The number of fused-ring (bicyclic) bond motifs is 5. The summed E-state index contributed by atoms with van der Waals surface area (Å²) in [7, 11) is 0. The minimum Gasteiger partial charge on any atom is -0.350 e. The van der Waals surface area contributed by atoms with Crippen molar-refractivity contribution in [1.29, 1.82) is 5.26 Å². The zero-order valence-corrected chi connectivity index (χ0v) is 13.7. The average Bonchev–Trinajstić information content (AvgIpc) is 2.91. The number of hydrogen-bond acceptors (Lipinski definition) is 3. The van der Waals surface area contributed by atoms with Gasteiger partial charge in [-0.15, -0.1) is 0 Å². The van der Waals surface area contributed by atoms with Gasteiger partial charge in [0.1, 0.15) is 0 Å². The van der Waals surface area contributed by atoms with Crippen molar-refractivity contribution in [3.63, 3.8) is 0 Å². The van der Waals surface area contributed by atoms with Crippen LogP contribution < -0.4 is 11.2 Å². The second-order valence-electron chi connectivity index (χ2n) is 6.64. The lowest BCUT2D eigenvalue weighted by Crippen LogP contribution is -2.38. The summed E-state index contributed by atoms with van der Waals surface area (Å²) in [6.45, 7) is 0. The van der Waals surface area contributed by atoms with Gasteiger partial charge in [-0.3, -0.25) is 0 Å². The second-order valence-corrected chi connectivity index (χ2v) is 6.64. The van der Waals surface area contributed by atoms with Crippen LogP contribution in [0.3, 0.4) is 0 Å². The largest absolute Gasteiger partial charge is 0.350 e. The lowest BCUT2D eigenvalue weighted by atomic mass is 9.64. The molecule has 1 atom stereocenters. The van der Waals surface area contributed by atoms with Gasteiger partial charge in [-0.25, -0.2) is 10.2 Å². The Bertz CT molecular complexity index is 880. The molecule has 124 valence electrons. The lowest BCUT2D eigenvalue weighted by Gasteiger charge is -2.38. The minimum atomic E-state index is -0.707. The first kappa shape index (κ1) is 15.4. The fourth-order valence-corrected chi connectivity index (χ4v) is 4.37. The van der Waals surface area contributed by atoms with E-state index in [-0.39, 0.29) is 11.3 Å². The number of nitrogens with two attached hydrogens (primary N) is 1. The Labute approximate surface area is 146 Å². The summed E-state index contributed by atoms with van der Waals surface area (Å²) in [5.74, 6) is -0.347. The monoisotopic (exact) mass is 330 g/mol. The highest BCUT2D eigenvalue weighted by atomic mass is 16.2. The van der Waals surface area contributed by atoms with Gasteiger partial charge in [0.25, 0.3) is 0 Å². The van der Waals surface area contributed by atoms with Gasteiger partial charge in [0, 0.05) is 5.41 Å². The third-order valence-electron chi connectivity index (χ3n) is 5.40. The molecule has 3 N–H and O–H groups in total. The van der Waals surface area contributed by atoms with Crippen molar-refractivity contribution in [2.75, 3.05) is 0 Å². The number of hydrazone groups is 1. The Balaban J connectivity index is 1.80. The van der Waals surface area contributed by atoms with Crippen molar-refractivity contribution in [2.45, 2.75) is 24.7 Å². The smallest absolute Gasteiger partial charge is 0.332 e. The summed E-state index contributed by atoms with van der Waals surface area (Å²) in [4.78, 5) is 10.9. The number of nitrogens with zero attached hydrogens (tertiary/aromatic N) is 2. The van der Waals surface area contributed by atoms with E-state index in [2.05, 4.69) is 65.1 Å². The first-order valence-electron chi connectivity index (χ1n) is 8.36. The van der Waals surface area contributed by atoms with Crippen molar-refractivity contribution in [2.24, 2.45) is 16.8 Å². The Morgan fingerprint density at radius 3 is 2.32 bits per heavy atom. The molecular weight excluding hydrogens is 312 g/mol. The Morgan fingerprint density at radius 2 is 1.76 bits per heavy atom. The van der Waals surface area contributed by atoms with E-state index in [9.17, 15) is 10.1 Å². The molecule has 1 unspecified atom stereocenters. The molecule has 0 aliphatic heterocycles. The lowest BCUT2D eigenvalue weighted by molar-refractivity contribution is 0.249. The van der Waals surface area contributed by atoms with Gasteiger partial charge in [-0.2, -0.15) is 10.4 Å². The summed E-state index contributed by atoms with van der Waals surface area (Å²) in [5.41, 5.74) is 13.0. The Hall–Kier alpha value is -3.13. The van der Waals surface area contributed by atoms with Gasteiger partial charge in [0.05, 0.1) is 17.7 Å². The van der Waals surface area contributed by atoms with Gasteiger partial charge in [0.15, 0.2) is 0 Å². The molecule has 0 heterocycles. The molecule has 25 heavy (non-hydrogen) atoms. The predicted octanol–water partition coefficient (Wildman–Crippen LogP) is 3.30. The van der Waals surface area contributed by atoms with Gasteiger partial charge < -0.3 is 5.73 Å². The highest BCUT2D eigenvalue weighted by Gasteiger charge is 2.47. The van der Waals surface area contributed by atoms with E-state index in [1.54, 1.807) is 0 Å². The fraction of sp³-hybridized carbons (Fsp3) is 0.250. The summed E-state index contributed by atoms with van der Waals surface area (Å²) < 4.78 is 0. The van der Waals surface area contributed by atoms with Crippen LogP contribution in [0.1, 0.15) is 30.4 Å². The number of primary amides is 1. The van der Waals surface area contributed by atoms with E-state index in [1.807, 2.05) is 0 Å². The number of nitriles is 1. The number of benzene rings is 2. The molecule has 1 spiro atoms. The molecule has 0 aromatic heterocycles. The molecule has 5 heteroatoms. The first-order valence-corrected chi connectivity index (χ1v) is 8.36. The molecule has 4 rings (SSSR count). The van der Waals surface area contributed by atoms with E-state index in [1.165, 1.54) is 22.3 Å². The number of carbonyl (C=O) groups excluding carboxylic acids is 1. The molecule has 0 bridgehead atoms. The number of urea groups is 1. The number of carbonyl (C=O) groups is 1. The maximum atomic E-state index is 10.9. The highest BCUT2D eigenvalue weighted by molar-refractivity contribution is 5.92. The Kier molecular flexibility index (Phi) is 3.54. The van der Waals surface area contributed by atoms with Crippen LogP contribution in [0.15, 0.2) is 53.6 Å². The molecular formula is C20H18N4O. The van der Waals surface area contributed by atoms with Crippen molar-refractivity contribution in [3.05, 3.63) is 59.7 Å². The molecule has 2 aliphatic rings. The third-order valence-corrected chi connectivity index (χ3v) is 5.40. The van der Waals surface area contributed by atoms with Crippen LogP contribution >= 0.6 is 0 Å². The Morgan fingerprint density at radius 1 is 1.16 bits per heavy atom. The third kappa shape index (κ3) is 2.30. The second kappa shape index (κ2) is 5.75. The normalized spacial score (nSPS) is 21.4. The molecule has 2 aliphatic carbocycles. The zero-order valence-electron chi connectivity index (χ0n) is 13.7. The van der Waals surface area contributed by atoms with E-state index in [0.29, 0.717) is 18.6 Å². The average molecular weight is 330 g/mol. The van der Waals surface area contributed by atoms with E-state index < -0.39 is 6.03 Å². The summed E-state index contributed by atoms with van der Waals surface area (Å²) in [5, 5.41) is 13.8. The van der Waals surface area contributed by atoms with Gasteiger partial charge in [0.2, 0.25) is 0 Å². The maximum Gasteiger partial charge on any atom is 0.332 e. The number of rotatable bonds is 1. The molecule has 1 saturated carbocycles. The predicted molar refractivity (Wildman–Crippen MR) is 95.8 cm³/mol. The molecule has 5 nitrogen and oxygen atoms in total. The van der Waals surface area contributed by atoms with E-state index in [0.717, 1.165) is 6.42 Å². The van der Waals surface area contributed by atoms with Crippen molar-refractivity contribution in [3.8, 4) is 17.2 Å². The highest BCUT2D eigenvalue weighted by Crippen LogP contribution is 2.55. The van der Waals surface area contributed by atoms with E-state index in [4.69, 9.17) is 5.73 Å². The van der Waals surface area contributed by atoms with Crippen molar-refractivity contribution in [1.82, 2.24) is 5.43 Å². The summed E-state index contributed by atoms with van der Waals surface area (Å²) in [6, 6.07) is 18.6. The molecule has 2 amide bonds. The molecule has 2 aromatic carbocycles. The fourth-order valence-electron chi connectivity index (χ4n) is 4.37. The first-order chi connectivity index (χ1) is 12.2. The maximum absolute atomic E-state index is 10.9. The molecule has 1 fully saturated rings. The van der Waals surface area contributed by atoms with Crippen LogP contribution in [0.25, 0.3) is 11.1 Å². The minimum absolute atomic E-state index is 0.167. The van der Waals surface area contributed by atoms with Crippen LogP contribution in [0, 0.1) is 17.2 Å². The van der Waals surface area contributed by atoms with Crippen LogP contribution in [-0.2, 0) is 5.41 Å². The quantitative estimate of drug-likeness (QED) is 0.785. The van der Waals surface area contributed by atoms with E-state index >= 15 is 0 Å². The van der Waals surface area contributed by atoms with Crippen LogP contribution in [0.4, 0.5) is 4.79 Å². The topological polar surface area (TPSA) is 91.3 Å². The summed E-state index contributed by atoms with van der Waals surface area (Å²) >= 11 is 0. The molecule has 2 aromatic rings. The molecule has 0 radical (unpaired) electrons. The van der Waals surface area contributed by atoms with Gasteiger partial charge >= 0.3 is 6.03 Å². The van der Waals surface area contributed by atoms with Crippen molar-refractivity contribution >= 4 is 11.7 Å². The number of amides is 2. The van der Waals surface area contributed by atoms with Crippen LogP contribution in [0.5, 0.6) is 0 Å². The van der Waals surface area contributed by atoms with Crippen LogP contribution in [0.2, 0.25) is 0 Å². The summed E-state index contributed by atoms with van der Waals surface area (Å²) in [6.07, 6.45) is 2.18. The van der Waals surface area contributed by atoms with Crippen LogP contribution in [-0.4, -0.2) is 11.7 Å². The van der Waals surface area contributed by atoms with Crippen molar-refractivity contribution < 1.29 is 4.79 Å². The number of nitrogens with one attached hydrogen (secondary N) is 1. The van der Waals surface area contributed by atoms with Gasteiger partial charge in [-0.1, -0.05) is 48.5 Å². The SMILES string of the molecule is N#CC1CC2(CC/C1=N/NC(N)=O)c1ccccc1-c1ccccc12. The zero-order chi connectivity index (χ0) is 17.4. The van der Waals surface area contributed by atoms with Gasteiger partial charge in [-0.05, 0) is 41.5 Å². The number of hydrogen-bond donors (Lipinski definition) is 2. The molecule has 0 saturated heterocycles.